The lowest BCUT2D eigenvalue weighted by molar-refractivity contribution is -0.303. The number of aromatic nitrogens is 3. The second kappa shape index (κ2) is 9.96. The lowest BCUT2D eigenvalue weighted by Gasteiger charge is -2.31. The maximum absolute atomic E-state index is 13.3. The number of ether oxygens (including phenoxy) is 2. The second-order valence-electron chi connectivity index (χ2n) is 8.39. The van der Waals surface area contributed by atoms with Gasteiger partial charge in [-0.3, -0.25) is 9.59 Å². The number of aryl methyl sites for hydroxylation is 1. The lowest BCUT2D eigenvalue weighted by Crippen LogP contribution is -2.43. The Morgan fingerprint density at radius 2 is 2.09 bits per heavy atom. The van der Waals surface area contributed by atoms with Gasteiger partial charge < -0.3 is 24.3 Å². The van der Waals surface area contributed by atoms with Crippen LogP contribution in [-0.4, -0.2) is 63.4 Å². The summed E-state index contributed by atoms with van der Waals surface area (Å²) in [6.07, 6.45) is 2.42. The number of alkyl halides is 3. The van der Waals surface area contributed by atoms with Crippen LogP contribution in [0.4, 0.5) is 19.0 Å². The Labute approximate surface area is 199 Å². The Bertz CT molecular complexity index is 1170. The van der Waals surface area contributed by atoms with E-state index in [9.17, 15) is 22.8 Å². The molecule has 2 atom stereocenters. The molecule has 1 amide bonds. The van der Waals surface area contributed by atoms with Crippen LogP contribution < -0.4 is 5.32 Å². The van der Waals surface area contributed by atoms with Gasteiger partial charge in [-0.25, -0.2) is 9.97 Å². The molecule has 3 heterocycles. The molecule has 1 saturated heterocycles. The van der Waals surface area contributed by atoms with E-state index in [1.807, 2.05) is 0 Å². The number of hydrogen-bond donors (Lipinski definition) is 1. The van der Waals surface area contributed by atoms with E-state index in [-0.39, 0.29) is 42.6 Å². The maximum Gasteiger partial charge on any atom is 0.573 e. The Hall–Kier alpha value is -3.57. The van der Waals surface area contributed by atoms with E-state index < -0.39 is 6.36 Å². The van der Waals surface area contributed by atoms with Gasteiger partial charge in [-0.15, -0.1) is 13.2 Å². The van der Waals surface area contributed by atoms with Gasteiger partial charge in [0.1, 0.15) is 29.2 Å². The van der Waals surface area contributed by atoms with Gasteiger partial charge in [0.25, 0.3) is 5.91 Å². The largest absolute Gasteiger partial charge is 0.573 e. The molecule has 2 aromatic rings. The molecule has 0 bridgehead atoms. The number of carbonyl (C=O) groups excluding carboxylic acids is 2. The monoisotopic (exact) mass is 493 g/mol. The van der Waals surface area contributed by atoms with E-state index in [0.29, 0.717) is 48.5 Å². The molecule has 9 nitrogen and oxygen atoms in total. The highest BCUT2D eigenvalue weighted by atomic mass is 19.4. The van der Waals surface area contributed by atoms with Crippen LogP contribution in [0.15, 0.2) is 36.4 Å². The molecule has 2 aliphatic rings. The lowest BCUT2D eigenvalue weighted by atomic mass is 9.98. The Kier molecular flexibility index (Phi) is 6.99. The Morgan fingerprint density at radius 1 is 1.29 bits per heavy atom. The van der Waals surface area contributed by atoms with Gasteiger partial charge in [-0.05, 0) is 44.4 Å². The Balaban J connectivity index is 1.50. The number of piperidine rings is 1. The normalized spacial score (nSPS) is 20.5. The van der Waals surface area contributed by atoms with Crippen molar-refractivity contribution in [2.75, 3.05) is 25.0 Å². The zero-order chi connectivity index (χ0) is 25.2. The number of allylic oxidation sites excluding steroid dienone is 1. The van der Waals surface area contributed by atoms with E-state index in [0.717, 1.165) is 0 Å². The summed E-state index contributed by atoms with van der Waals surface area (Å²) < 4.78 is 48.0. The summed E-state index contributed by atoms with van der Waals surface area (Å²) in [6.45, 7) is 2.87. The maximum atomic E-state index is 13.3. The van der Waals surface area contributed by atoms with Crippen LogP contribution in [0.25, 0.3) is 11.0 Å². The molecule has 2 unspecified atom stereocenters. The molecule has 0 radical (unpaired) electrons. The van der Waals surface area contributed by atoms with Gasteiger partial charge in [0.2, 0.25) is 0 Å². The van der Waals surface area contributed by atoms with Crippen molar-refractivity contribution in [1.82, 2.24) is 19.4 Å². The zero-order valence-corrected chi connectivity index (χ0v) is 19.3. The molecule has 0 saturated carbocycles. The third-order valence-corrected chi connectivity index (χ3v) is 5.99. The van der Waals surface area contributed by atoms with Gasteiger partial charge in [0.05, 0.1) is 17.9 Å². The standard InChI is InChI=1S/C23H26F3N5O4/c1-3-34-22(33)14-5-4-10-31(12-14)21(32)18-11-17-19(27-13-28-20(17)30(18)2)29-15-6-8-16(9-7-15)35-23(24,25)26/h6,8-9,11,13-15H,3-5,7,10,12H2,1-2H3,(H,27,28,29). The molecule has 1 aliphatic carbocycles. The summed E-state index contributed by atoms with van der Waals surface area (Å²) in [5, 5.41) is 3.79. The van der Waals surface area contributed by atoms with E-state index in [1.54, 1.807) is 35.6 Å². The number of fused-ring (bicyclic) bond motifs is 1. The Morgan fingerprint density at radius 3 is 2.77 bits per heavy atom. The van der Waals surface area contributed by atoms with Crippen molar-refractivity contribution in [3.05, 3.63) is 42.1 Å². The van der Waals surface area contributed by atoms with Gasteiger partial charge in [-0.1, -0.05) is 6.08 Å². The molecule has 0 aromatic carbocycles. The summed E-state index contributed by atoms with van der Waals surface area (Å²) in [5.41, 5.74) is 0.925. The summed E-state index contributed by atoms with van der Waals surface area (Å²) in [6, 6.07) is 1.37. The van der Waals surface area contributed by atoms with E-state index in [4.69, 9.17) is 4.74 Å². The van der Waals surface area contributed by atoms with Crippen molar-refractivity contribution < 1.29 is 32.2 Å². The smallest absolute Gasteiger partial charge is 0.466 e. The number of nitrogens with zero attached hydrogens (tertiary/aromatic N) is 4. The van der Waals surface area contributed by atoms with Gasteiger partial charge >= 0.3 is 12.3 Å². The molecular formula is C23H26F3N5O4. The predicted octanol–water partition coefficient (Wildman–Crippen LogP) is 3.54. The van der Waals surface area contributed by atoms with Crippen molar-refractivity contribution in [3.8, 4) is 0 Å². The SMILES string of the molecule is CCOC(=O)C1CCCN(C(=O)c2cc3c(NC4C=CC(OC(F)(F)F)=CC4)ncnc3n2C)C1. The minimum Gasteiger partial charge on any atom is -0.466 e. The molecule has 4 rings (SSSR count). The van der Waals surface area contributed by atoms with Crippen LogP contribution in [0.5, 0.6) is 0 Å². The molecule has 35 heavy (non-hydrogen) atoms. The average molecular weight is 493 g/mol. The first-order valence-corrected chi connectivity index (χ1v) is 11.3. The number of rotatable bonds is 6. The molecular weight excluding hydrogens is 467 g/mol. The third-order valence-electron chi connectivity index (χ3n) is 5.99. The summed E-state index contributed by atoms with van der Waals surface area (Å²) in [4.78, 5) is 35.7. The van der Waals surface area contributed by atoms with Crippen LogP contribution >= 0.6 is 0 Å². The van der Waals surface area contributed by atoms with E-state index in [1.165, 1.54) is 18.5 Å². The van der Waals surface area contributed by atoms with Gasteiger partial charge in [0, 0.05) is 26.2 Å². The van der Waals surface area contributed by atoms with Crippen molar-refractivity contribution in [3.63, 3.8) is 0 Å². The third kappa shape index (κ3) is 5.57. The first-order chi connectivity index (χ1) is 16.7. The minimum atomic E-state index is -4.74. The predicted molar refractivity (Wildman–Crippen MR) is 120 cm³/mol. The van der Waals surface area contributed by atoms with Crippen LogP contribution in [0.2, 0.25) is 0 Å². The van der Waals surface area contributed by atoms with Crippen molar-refractivity contribution in [1.29, 1.82) is 0 Å². The van der Waals surface area contributed by atoms with Gasteiger partial charge in [0.15, 0.2) is 0 Å². The second-order valence-corrected chi connectivity index (χ2v) is 8.39. The molecule has 12 heteroatoms. The minimum absolute atomic E-state index is 0.222. The summed E-state index contributed by atoms with van der Waals surface area (Å²) in [7, 11) is 1.73. The first kappa shape index (κ1) is 24.6. The average Bonchev–Trinajstić information content (AvgIpc) is 3.16. The quantitative estimate of drug-likeness (QED) is 0.615. The number of carbonyl (C=O) groups is 2. The van der Waals surface area contributed by atoms with Crippen LogP contribution in [0, 0.1) is 5.92 Å². The highest BCUT2D eigenvalue weighted by molar-refractivity contribution is 6.00. The number of hydrogen-bond acceptors (Lipinski definition) is 7. The highest BCUT2D eigenvalue weighted by Gasteiger charge is 2.33. The summed E-state index contributed by atoms with van der Waals surface area (Å²) >= 11 is 0. The fraction of sp³-hybridized carbons (Fsp3) is 0.478. The van der Waals surface area contributed by atoms with Crippen LogP contribution in [0.3, 0.4) is 0 Å². The van der Waals surface area contributed by atoms with Crippen molar-refractivity contribution >= 4 is 28.7 Å². The number of anilines is 1. The molecule has 2 aromatic heterocycles. The molecule has 0 spiro atoms. The first-order valence-electron chi connectivity index (χ1n) is 11.3. The van der Waals surface area contributed by atoms with E-state index in [2.05, 4.69) is 20.0 Å². The highest BCUT2D eigenvalue weighted by Crippen LogP contribution is 2.28. The van der Waals surface area contributed by atoms with Crippen LogP contribution in [0.1, 0.15) is 36.7 Å². The molecule has 188 valence electrons. The number of esters is 1. The van der Waals surface area contributed by atoms with Crippen LogP contribution in [-0.2, 0) is 21.3 Å². The molecule has 1 fully saturated rings. The number of nitrogens with one attached hydrogen (secondary N) is 1. The number of likely N-dealkylation sites (tertiary alicyclic amines) is 1. The van der Waals surface area contributed by atoms with Gasteiger partial charge in [-0.2, -0.15) is 0 Å². The number of amides is 1. The zero-order valence-electron chi connectivity index (χ0n) is 19.3. The van der Waals surface area contributed by atoms with Crippen molar-refractivity contribution in [2.24, 2.45) is 13.0 Å². The fourth-order valence-corrected chi connectivity index (χ4v) is 4.32. The topological polar surface area (TPSA) is 98.6 Å². The van der Waals surface area contributed by atoms with E-state index >= 15 is 0 Å². The molecule has 1 aliphatic heterocycles. The fourth-order valence-electron chi connectivity index (χ4n) is 4.32. The number of halogens is 3. The molecule has 1 N–H and O–H groups in total. The van der Waals surface area contributed by atoms with Crippen molar-refractivity contribution in [2.45, 2.75) is 38.6 Å². The summed E-state index contributed by atoms with van der Waals surface area (Å²) in [5.74, 6) is -0.677.